The van der Waals surface area contributed by atoms with Crippen molar-refractivity contribution in [1.82, 2.24) is 9.80 Å². The number of ketones is 1. The Bertz CT molecular complexity index is 947. The summed E-state index contributed by atoms with van der Waals surface area (Å²) in [5, 5.41) is 0. The van der Waals surface area contributed by atoms with Crippen LogP contribution in [0.2, 0.25) is 0 Å². The van der Waals surface area contributed by atoms with E-state index in [1.165, 1.54) is 11.8 Å². The van der Waals surface area contributed by atoms with Gasteiger partial charge < -0.3 is 24.1 Å². The van der Waals surface area contributed by atoms with Gasteiger partial charge in [-0.05, 0) is 36.6 Å². The third kappa shape index (κ3) is 7.71. The first kappa shape index (κ1) is 24.5. The molecule has 0 spiro atoms. The molecular formula is C26H32N2O5. The zero-order valence-electron chi connectivity index (χ0n) is 19.4. The molecule has 1 atom stereocenters. The van der Waals surface area contributed by atoms with Crippen molar-refractivity contribution in [2.45, 2.75) is 38.9 Å². The summed E-state index contributed by atoms with van der Waals surface area (Å²) in [6.45, 7) is 3.09. The van der Waals surface area contributed by atoms with E-state index in [2.05, 4.69) is 0 Å². The number of amides is 2. The van der Waals surface area contributed by atoms with Crippen molar-refractivity contribution in [2.24, 2.45) is 0 Å². The number of carbonyl (C=O) groups is 3. The molecule has 0 aromatic heterocycles. The summed E-state index contributed by atoms with van der Waals surface area (Å²) in [4.78, 5) is 40.3. The van der Waals surface area contributed by atoms with Gasteiger partial charge in [0.05, 0.1) is 26.4 Å². The second kappa shape index (κ2) is 12.2. The lowest BCUT2D eigenvalue weighted by atomic mass is 10.1. The number of rotatable bonds is 10. The molecule has 3 rings (SSSR count). The molecule has 1 fully saturated rings. The Kier molecular flexibility index (Phi) is 9.01. The van der Waals surface area contributed by atoms with Crippen molar-refractivity contribution in [3.05, 3.63) is 65.7 Å². The smallest absolute Gasteiger partial charge is 0.242 e. The standard InChI is InChI=1S/C26H32N2O5/c1-20(29)11-12-25(30)28-17-24(33-19-22-9-6-10-23(15-22)32-2)16-27(26(31)18-28)14-13-21-7-4-3-5-8-21/h3-10,15,24H,11-14,16-19H2,1-2H3. The summed E-state index contributed by atoms with van der Waals surface area (Å²) in [5.41, 5.74) is 2.10. The second-order valence-corrected chi connectivity index (χ2v) is 8.34. The van der Waals surface area contributed by atoms with E-state index in [9.17, 15) is 14.4 Å². The number of hydrogen-bond acceptors (Lipinski definition) is 5. The topological polar surface area (TPSA) is 76.2 Å². The van der Waals surface area contributed by atoms with E-state index < -0.39 is 0 Å². The predicted molar refractivity (Wildman–Crippen MR) is 125 cm³/mol. The van der Waals surface area contributed by atoms with Crippen molar-refractivity contribution < 1.29 is 23.9 Å². The van der Waals surface area contributed by atoms with Crippen LogP contribution in [0.5, 0.6) is 5.75 Å². The van der Waals surface area contributed by atoms with E-state index in [1.54, 1.807) is 12.0 Å². The Hall–Kier alpha value is -3.19. The first-order valence-electron chi connectivity index (χ1n) is 11.3. The molecule has 0 N–H and O–H groups in total. The number of hydrogen-bond donors (Lipinski definition) is 0. The van der Waals surface area contributed by atoms with Crippen molar-refractivity contribution >= 4 is 17.6 Å². The molecule has 1 heterocycles. The summed E-state index contributed by atoms with van der Waals surface area (Å²) in [7, 11) is 1.62. The Morgan fingerprint density at radius 2 is 1.76 bits per heavy atom. The van der Waals surface area contributed by atoms with Crippen molar-refractivity contribution in [3.8, 4) is 5.75 Å². The second-order valence-electron chi connectivity index (χ2n) is 8.34. The molecule has 1 aliphatic rings. The van der Waals surface area contributed by atoms with Crippen molar-refractivity contribution in [3.63, 3.8) is 0 Å². The molecular weight excluding hydrogens is 420 g/mol. The Labute approximate surface area is 195 Å². The molecule has 0 radical (unpaired) electrons. The number of carbonyl (C=O) groups excluding carboxylic acids is 3. The summed E-state index contributed by atoms with van der Waals surface area (Å²) in [5.74, 6) is 0.408. The number of ether oxygens (including phenoxy) is 2. The van der Waals surface area contributed by atoms with Crippen LogP contribution in [0.25, 0.3) is 0 Å². The van der Waals surface area contributed by atoms with Gasteiger partial charge in [0.2, 0.25) is 11.8 Å². The average Bonchev–Trinajstić information content (AvgIpc) is 2.99. The van der Waals surface area contributed by atoms with Crippen LogP contribution in [0.1, 0.15) is 30.9 Å². The van der Waals surface area contributed by atoms with Gasteiger partial charge in [-0.1, -0.05) is 42.5 Å². The minimum Gasteiger partial charge on any atom is -0.497 e. The molecule has 1 aliphatic heterocycles. The highest BCUT2D eigenvalue weighted by Crippen LogP contribution is 2.17. The number of methoxy groups -OCH3 is 1. The van der Waals surface area contributed by atoms with Crippen LogP contribution in [0.15, 0.2) is 54.6 Å². The quantitative estimate of drug-likeness (QED) is 0.554. The maximum atomic E-state index is 13.0. The summed E-state index contributed by atoms with van der Waals surface area (Å²) in [6, 6.07) is 17.6. The maximum absolute atomic E-state index is 13.0. The van der Waals surface area contributed by atoms with E-state index >= 15 is 0 Å². The Morgan fingerprint density at radius 1 is 1.00 bits per heavy atom. The predicted octanol–water partition coefficient (Wildman–Crippen LogP) is 2.86. The largest absolute Gasteiger partial charge is 0.497 e. The fourth-order valence-corrected chi connectivity index (χ4v) is 3.82. The van der Waals surface area contributed by atoms with Gasteiger partial charge in [0.25, 0.3) is 0 Å². The number of Topliss-reactive ketones (excluding diaryl/α,β-unsaturated/α-hetero) is 1. The van der Waals surface area contributed by atoms with Crippen molar-refractivity contribution in [2.75, 3.05) is 33.3 Å². The number of benzene rings is 2. The lowest BCUT2D eigenvalue weighted by molar-refractivity contribution is -0.139. The first-order valence-corrected chi connectivity index (χ1v) is 11.3. The highest BCUT2D eigenvalue weighted by atomic mass is 16.5. The van der Waals surface area contributed by atoms with Crippen LogP contribution in [-0.2, 0) is 32.1 Å². The lowest BCUT2D eigenvalue weighted by Crippen LogP contribution is -2.40. The molecule has 2 amide bonds. The van der Waals surface area contributed by atoms with Gasteiger partial charge in [-0.3, -0.25) is 9.59 Å². The van der Waals surface area contributed by atoms with E-state index in [4.69, 9.17) is 9.47 Å². The minimum absolute atomic E-state index is 0.00451. The van der Waals surface area contributed by atoms with Crippen LogP contribution in [-0.4, -0.2) is 66.8 Å². The average molecular weight is 453 g/mol. The van der Waals surface area contributed by atoms with Gasteiger partial charge in [0.15, 0.2) is 0 Å². The van der Waals surface area contributed by atoms with E-state index in [-0.39, 0.29) is 43.1 Å². The van der Waals surface area contributed by atoms with Gasteiger partial charge in [-0.2, -0.15) is 0 Å². The molecule has 33 heavy (non-hydrogen) atoms. The molecule has 1 unspecified atom stereocenters. The van der Waals surface area contributed by atoms with Crippen LogP contribution in [0.4, 0.5) is 0 Å². The van der Waals surface area contributed by atoms with Crippen LogP contribution < -0.4 is 4.74 Å². The SMILES string of the molecule is COc1cccc(COC2CN(CCc3ccccc3)C(=O)CN(C(=O)CCC(C)=O)C2)c1. The molecule has 0 bridgehead atoms. The van der Waals surface area contributed by atoms with E-state index in [0.29, 0.717) is 26.2 Å². The lowest BCUT2D eigenvalue weighted by Gasteiger charge is -2.25. The zero-order chi connectivity index (χ0) is 23.6. The fourth-order valence-electron chi connectivity index (χ4n) is 3.82. The van der Waals surface area contributed by atoms with Crippen LogP contribution >= 0.6 is 0 Å². The monoisotopic (exact) mass is 452 g/mol. The van der Waals surface area contributed by atoms with Crippen LogP contribution in [0, 0.1) is 0 Å². The third-order valence-corrected chi connectivity index (χ3v) is 5.70. The molecule has 0 saturated carbocycles. The Balaban J connectivity index is 1.69. The summed E-state index contributed by atoms with van der Waals surface area (Å²) < 4.78 is 11.5. The minimum atomic E-state index is -0.334. The summed E-state index contributed by atoms with van der Waals surface area (Å²) in [6.07, 6.45) is 0.680. The van der Waals surface area contributed by atoms with Gasteiger partial charge in [0.1, 0.15) is 11.5 Å². The highest BCUT2D eigenvalue weighted by Gasteiger charge is 2.30. The third-order valence-electron chi connectivity index (χ3n) is 5.70. The molecule has 2 aromatic rings. The van der Waals surface area contributed by atoms with Gasteiger partial charge in [-0.15, -0.1) is 0 Å². The molecule has 7 heteroatoms. The molecule has 7 nitrogen and oxygen atoms in total. The Morgan fingerprint density at radius 3 is 2.48 bits per heavy atom. The molecule has 176 valence electrons. The molecule has 1 saturated heterocycles. The van der Waals surface area contributed by atoms with Crippen molar-refractivity contribution in [1.29, 1.82) is 0 Å². The van der Waals surface area contributed by atoms with Gasteiger partial charge in [-0.25, -0.2) is 0 Å². The van der Waals surface area contributed by atoms with Gasteiger partial charge in [0, 0.05) is 32.5 Å². The maximum Gasteiger partial charge on any atom is 0.242 e. The van der Waals surface area contributed by atoms with E-state index in [1.807, 2.05) is 54.6 Å². The number of nitrogens with zero attached hydrogens (tertiary/aromatic N) is 2. The first-order chi connectivity index (χ1) is 15.9. The fraction of sp³-hybridized carbons (Fsp3) is 0.423. The van der Waals surface area contributed by atoms with Gasteiger partial charge >= 0.3 is 0 Å². The van der Waals surface area contributed by atoms with E-state index in [0.717, 1.165) is 23.3 Å². The molecule has 2 aromatic carbocycles. The molecule has 0 aliphatic carbocycles. The normalized spacial score (nSPS) is 16.4. The summed E-state index contributed by atoms with van der Waals surface area (Å²) >= 11 is 0. The van der Waals surface area contributed by atoms with Crippen LogP contribution in [0.3, 0.4) is 0 Å². The zero-order valence-corrected chi connectivity index (χ0v) is 19.4. The highest BCUT2D eigenvalue weighted by molar-refractivity contribution is 5.87.